The highest BCUT2D eigenvalue weighted by Crippen LogP contribution is 2.23. The van der Waals surface area contributed by atoms with Crippen LogP contribution >= 0.6 is 0 Å². The summed E-state index contributed by atoms with van der Waals surface area (Å²) in [5.74, 6) is -0.123. The molecule has 0 fully saturated rings. The SMILES string of the molecule is Cc1ccc(C(=O)NCc2ccccn2)c2ccoc12. The number of rotatable bonds is 3. The van der Waals surface area contributed by atoms with Crippen LogP contribution in [-0.2, 0) is 6.54 Å². The van der Waals surface area contributed by atoms with Crippen molar-refractivity contribution in [1.82, 2.24) is 10.3 Å². The molecule has 2 heterocycles. The molecule has 1 aromatic carbocycles. The Morgan fingerprint density at radius 2 is 2.15 bits per heavy atom. The summed E-state index contributed by atoms with van der Waals surface area (Å²) < 4.78 is 5.41. The van der Waals surface area contributed by atoms with E-state index in [-0.39, 0.29) is 5.91 Å². The third kappa shape index (κ3) is 2.28. The number of nitrogens with zero attached hydrogens (tertiary/aromatic N) is 1. The molecule has 0 aliphatic rings. The van der Waals surface area contributed by atoms with Gasteiger partial charge in [-0.2, -0.15) is 0 Å². The van der Waals surface area contributed by atoms with Gasteiger partial charge < -0.3 is 9.73 Å². The first-order valence-corrected chi connectivity index (χ1v) is 6.40. The van der Waals surface area contributed by atoms with E-state index in [1.165, 1.54) is 0 Å². The Hall–Kier alpha value is -2.62. The van der Waals surface area contributed by atoms with Gasteiger partial charge >= 0.3 is 0 Å². The molecule has 0 saturated heterocycles. The fourth-order valence-electron chi connectivity index (χ4n) is 2.17. The van der Waals surface area contributed by atoms with Crippen LogP contribution in [0.5, 0.6) is 0 Å². The highest BCUT2D eigenvalue weighted by Gasteiger charge is 2.13. The fraction of sp³-hybridized carbons (Fsp3) is 0.125. The van der Waals surface area contributed by atoms with Crippen LogP contribution in [0.15, 0.2) is 53.3 Å². The van der Waals surface area contributed by atoms with Gasteiger partial charge in [-0.05, 0) is 36.8 Å². The molecular weight excluding hydrogens is 252 g/mol. The Balaban J connectivity index is 1.83. The van der Waals surface area contributed by atoms with Crippen LogP contribution in [-0.4, -0.2) is 10.9 Å². The van der Waals surface area contributed by atoms with Gasteiger partial charge in [-0.25, -0.2) is 0 Å². The van der Waals surface area contributed by atoms with E-state index in [2.05, 4.69) is 10.3 Å². The summed E-state index contributed by atoms with van der Waals surface area (Å²) in [6, 6.07) is 11.2. The topological polar surface area (TPSA) is 55.1 Å². The van der Waals surface area contributed by atoms with Gasteiger partial charge in [0.05, 0.1) is 24.1 Å². The monoisotopic (exact) mass is 266 g/mol. The Morgan fingerprint density at radius 3 is 2.95 bits per heavy atom. The van der Waals surface area contributed by atoms with E-state index < -0.39 is 0 Å². The Bertz CT molecular complexity index is 748. The van der Waals surface area contributed by atoms with Crippen LogP contribution < -0.4 is 5.32 Å². The molecule has 0 aliphatic carbocycles. The van der Waals surface area contributed by atoms with Crippen LogP contribution in [0.25, 0.3) is 11.0 Å². The van der Waals surface area contributed by atoms with E-state index in [0.29, 0.717) is 12.1 Å². The number of furan rings is 1. The Labute approximate surface area is 116 Å². The van der Waals surface area contributed by atoms with E-state index in [1.54, 1.807) is 12.5 Å². The molecule has 3 aromatic rings. The number of aromatic nitrogens is 1. The van der Waals surface area contributed by atoms with Crippen LogP contribution in [0.4, 0.5) is 0 Å². The second-order valence-electron chi connectivity index (χ2n) is 4.60. The number of hydrogen-bond acceptors (Lipinski definition) is 3. The van der Waals surface area contributed by atoms with Crippen LogP contribution in [0.2, 0.25) is 0 Å². The first-order valence-electron chi connectivity index (χ1n) is 6.40. The number of nitrogens with one attached hydrogen (secondary N) is 1. The maximum atomic E-state index is 12.3. The minimum Gasteiger partial charge on any atom is -0.464 e. The van der Waals surface area contributed by atoms with Gasteiger partial charge in [0.1, 0.15) is 5.58 Å². The van der Waals surface area contributed by atoms with Crippen molar-refractivity contribution in [3.63, 3.8) is 0 Å². The zero-order valence-electron chi connectivity index (χ0n) is 11.1. The summed E-state index contributed by atoms with van der Waals surface area (Å²) in [4.78, 5) is 16.4. The maximum Gasteiger partial charge on any atom is 0.252 e. The summed E-state index contributed by atoms with van der Waals surface area (Å²) in [5.41, 5.74) is 3.23. The van der Waals surface area contributed by atoms with Gasteiger partial charge in [0.2, 0.25) is 0 Å². The summed E-state index contributed by atoms with van der Waals surface area (Å²) in [5, 5.41) is 3.71. The van der Waals surface area contributed by atoms with Crippen molar-refractivity contribution in [2.75, 3.05) is 0 Å². The molecule has 4 heteroatoms. The lowest BCUT2D eigenvalue weighted by Crippen LogP contribution is -2.23. The lowest BCUT2D eigenvalue weighted by atomic mass is 10.1. The predicted octanol–water partition coefficient (Wildman–Crippen LogP) is 3.07. The Kier molecular flexibility index (Phi) is 3.21. The quantitative estimate of drug-likeness (QED) is 0.792. The number of carbonyl (C=O) groups is 1. The zero-order valence-corrected chi connectivity index (χ0v) is 11.1. The Morgan fingerprint density at radius 1 is 1.25 bits per heavy atom. The van der Waals surface area contributed by atoms with E-state index in [1.807, 2.05) is 43.3 Å². The average Bonchev–Trinajstić information content (AvgIpc) is 2.96. The lowest BCUT2D eigenvalue weighted by Gasteiger charge is -2.06. The van der Waals surface area contributed by atoms with Crippen molar-refractivity contribution in [1.29, 1.82) is 0 Å². The number of hydrogen-bond donors (Lipinski definition) is 1. The third-order valence-electron chi connectivity index (χ3n) is 3.21. The molecule has 0 unspecified atom stereocenters. The number of aryl methyl sites for hydroxylation is 1. The van der Waals surface area contributed by atoms with Gasteiger partial charge in [-0.1, -0.05) is 12.1 Å². The molecule has 0 saturated carbocycles. The molecular formula is C16H14N2O2. The van der Waals surface area contributed by atoms with Gasteiger partial charge in [0.25, 0.3) is 5.91 Å². The van der Waals surface area contributed by atoms with Crippen molar-refractivity contribution in [2.24, 2.45) is 0 Å². The first kappa shape index (κ1) is 12.4. The van der Waals surface area contributed by atoms with Gasteiger partial charge in [-0.15, -0.1) is 0 Å². The smallest absolute Gasteiger partial charge is 0.252 e. The average molecular weight is 266 g/mol. The van der Waals surface area contributed by atoms with Gasteiger partial charge in [0.15, 0.2) is 0 Å². The number of fused-ring (bicyclic) bond motifs is 1. The van der Waals surface area contributed by atoms with Crippen LogP contribution in [0.1, 0.15) is 21.6 Å². The zero-order chi connectivity index (χ0) is 13.9. The number of pyridine rings is 1. The summed E-state index contributed by atoms with van der Waals surface area (Å²) in [6.07, 6.45) is 3.31. The standard InChI is InChI=1S/C16H14N2O2/c1-11-5-6-14(13-7-9-20-15(11)13)16(19)18-10-12-4-2-3-8-17-12/h2-9H,10H2,1H3,(H,18,19). The molecule has 0 spiro atoms. The van der Waals surface area contributed by atoms with Crippen molar-refractivity contribution in [3.8, 4) is 0 Å². The fourth-order valence-corrected chi connectivity index (χ4v) is 2.17. The van der Waals surface area contributed by atoms with Crippen molar-refractivity contribution in [3.05, 3.63) is 65.7 Å². The second kappa shape index (κ2) is 5.17. The molecule has 1 amide bonds. The van der Waals surface area contributed by atoms with E-state index in [9.17, 15) is 4.79 Å². The van der Waals surface area contributed by atoms with Crippen molar-refractivity contribution >= 4 is 16.9 Å². The van der Waals surface area contributed by atoms with Crippen molar-refractivity contribution in [2.45, 2.75) is 13.5 Å². The number of carbonyl (C=O) groups excluding carboxylic acids is 1. The van der Waals surface area contributed by atoms with Gasteiger partial charge in [-0.3, -0.25) is 9.78 Å². The molecule has 3 rings (SSSR count). The first-order chi connectivity index (χ1) is 9.75. The third-order valence-corrected chi connectivity index (χ3v) is 3.21. The van der Waals surface area contributed by atoms with Crippen LogP contribution in [0, 0.1) is 6.92 Å². The molecule has 0 aliphatic heterocycles. The molecule has 0 bridgehead atoms. The second-order valence-corrected chi connectivity index (χ2v) is 4.60. The molecule has 4 nitrogen and oxygen atoms in total. The molecule has 100 valence electrons. The summed E-state index contributed by atoms with van der Waals surface area (Å²) in [6.45, 7) is 2.37. The largest absolute Gasteiger partial charge is 0.464 e. The summed E-state index contributed by atoms with van der Waals surface area (Å²) >= 11 is 0. The minimum absolute atomic E-state index is 0.123. The molecule has 2 aromatic heterocycles. The van der Waals surface area contributed by atoms with E-state index >= 15 is 0 Å². The maximum absolute atomic E-state index is 12.3. The number of benzene rings is 1. The molecule has 1 N–H and O–H groups in total. The van der Waals surface area contributed by atoms with Gasteiger partial charge in [0, 0.05) is 11.6 Å². The predicted molar refractivity (Wildman–Crippen MR) is 76.4 cm³/mol. The lowest BCUT2D eigenvalue weighted by molar-refractivity contribution is 0.0952. The molecule has 20 heavy (non-hydrogen) atoms. The highest BCUT2D eigenvalue weighted by molar-refractivity contribution is 6.06. The minimum atomic E-state index is -0.123. The highest BCUT2D eigenvalue weighted by atomic mass is 16.3. The molecule has 0 atom stereocenters. The number of amides is 1. The van der Waals surface area contributed by atoms with E-state index in [0.717, 1.165) is 22.2 Å². The van der Waals surface area contributed by atoms with Crippen molar-refractivity contribution < 1.29 is 9.21 Å². The summed E-state index contributed by atoms with van der Waals surface area (Å²) in [7, 11) is 0. The normalized spacial score (nSPS) is 10.7. The molecule has 0 radical (unpaired) electrons. The van der Waals surface area contributed by atoms with Crippen LogP contribution in [0.3, 0.4) is 0 Å². The van der Waals surface area contributed by atoms with E-state index in [4.69, 9.17) is 4.42 Å².